The molecule has 1 atom stereocenters. The SMILES string of the molecule is CCOC(=O)C(CSc1cc(Cl)ccc1Cl)NC. The number of esters is 1. The van der Waals surface area contributed by atoms with Crippen LogP contribution >= 0.6 is 35.0 Å². The van der Waals surface area contributed by atoms with Crippen molar-refractivity contribution < 1.29 is 9.53 Å². The minimum Gasteiger partial charge on any atom is -0.465 e. The normalized spacial score (nSPS) is 12.2. The molecule has 1 aromatic carbocycles. The molecule has 100 valence electrons. The predicted molar refractivity (Wildman–Crippen MR) is 76.7 cm³/mol. The third-order valence-corrected chi connectivity index (χ3v) is 4.04. The standard InChI is InChI=1S/C12H15Cl2NO2S/c1-3-17-12(16)10(15-2)7-18-11-6-8(13)4-5-9(11)14/h4-6,10,15H,3,7H2,1-2H3. The van der Waals surface area contributed by atoms with Gasteiger partial charge in [0.15, 0.2) is 0 Å². The Labute approximate surface area is 121 Å². The van der Waals surface area contributed by atoms with Crippen molar-refractivity contribution in [3.8, 4) is 0 Å². The Balaban J connectivity index is 2.62. The van der Waals surface area contributed by atoms with Crippen LogP contribution in [0.5, 0.6) is 0 Å². The van der Waals surface area contributed by atoms with Gasteiger partial charge in [-0.05, 0) is 32.2 Å². The summed E-state index contributed by atoms with van der Waals surface area (Å²) in [6.45, 7) is 2.16. The summed E-state index contributed by atoms with van der Waals surface area (Å²) in [7, 11) is 1.72. The summed E-state index contributed by atoms with van der Waals surface area (Å²) in [6.07, 6.45) is 0. The molecule has 1 unspecified atom stereocenters. The number of thioether (sulfide) groups is 1. The molecule has 0 radical (unpaired) electrons. The van der Waals surface area contributed by atoms with Crippen molar-refractivity contribution in [1.29, 1.82) is 0 Å². The first kappa shape index (κ1) is 15.6. The number of ether oxygens (including phenoxy) is 1. The molecule has 1 rings (SSSR count). The number of rotatable bonds is 6. The van der Waals surface area contributed by atoms with Gasteiger partial charge in [0.1, 0.15) is 6.04 Å². The summed E-state index contributed by atoms with van der Waals surface area (Å²) >= 11 is 13.4. The number of nitrogens with one attached hydrogen (secondary N) is 1. The molecule has 0 aliphatic heterocycles. The number of carbonyl (C=O) groups is 1. The maximum Gasteiger partial charge on any atom is 0.323 e. The summed E-state index contributed by atoms with van der Waals surface area (Å²) in [5, 5.41) is 4.17. The lowest BCUT2D eigenvalue weighted by molar-refractivity contribution is -0.144. The zero-order valence-corrected chi connectivity index (χ0v) is 12.5. The van der Waals surface area contributed by atoms with Crippen LogP contribution in [0.2, 0.25) is 10.0 Å². The summed E-state index contributed by atoms with van der Waals surface area (Å²) < 4.78 is 4.96. The van der Waals surface area contributed by atoms with Gasteiger partial charge in [-0.25, -0.2) is 0 Å². The van der Waals surface area contributed by atoms with E-state index in [0.29, 0.717) is 22.4 Å². The molecule has 0 fully saturated rings. The van der Waals surface area contributed by atoms with E-state index < -0.39 is 0 Å². The Morgan fingerprint density at radius 1 is 1.50 bits per heavy atom. The zero-order chi connectivity index (χ0) is 13.5. The molecule has 18 heavy (non-hydrogen) atoms. The van der Waals surface area contributed by atoms with Crippen molar-refractivity contribution in [3.63, 3.8) is 0 Å². The molecule has 0 aliphatic rings. The van der Waals surface area contributed by atoms with Gasteiger partial charge in [0.2, 0.25) is 0 Å². The van der Waals surface area contributed by atoms with Gasteiger partial charge in [-0.15, -0.1) is 11.8 Å². The lowest BCUT2D eigenvalue weighted by Crippen LogP contribution is -2.37. The average Bonchev–Trinajstić information content (AvgIpc) is 2.34. The smallest absolute Gasteiger partial charge is 0.323 e. The number of hydrogen-bond acceptors (Lipinski definition) is 4. The Kier molecular flexibility index (Phi) is 6.86. The first-order valence-electron chi connectivity index (χ1n) is 5.50. The van der Waals surface area contributed by atoms with Crippen LogP contribution in [0, 0.1) is 0 Å². The quantitative estimate of drug-likeness (QED) is 0.647. The van der Waals surface area contributed by atoms with Gasteiger partial charge in [0, 0.05) is 15.7 Å². The monoisotopic (exact) mass is 307 g/mol. The third kappa shape index (κ3) is 4.69. The Bertz CT molecular complexity index is 415. The molecule has 3 nitrogen and oxygen atoms in total. The van der Waals surface area contributed by atoms with E-state index in [4.69, 9.17) is 27.9 Å². The van der Waals surface area contributed by atoms with Gasteiger partial charge in [-0.1, -0.05) is 23.2 Å². The Morgan fingerprint density at radius 3 is 2.83 bits per heavy atom. The van der Waals surface area contributed by atoms with Gasteiger partial charge in [0.05, 0.1) is 11.6 Å². The van der Waals surface area contributed by atoms with E-state index in [2.05, 4.69) is 5.32 Å². The highest BCUT2D eigenvalue weighted by Crippen LogP contribution is 2.30. The van der Waals surface area contributed by atoms with E-state index in [1.54, 1.807) is 32.2 Å². The minimum absolute atomic E-state index is 0.259. The van der Waals surface area contributed by atoms with Crippen molar-refractivity contribution in [2.75, 3.05) is 19.4 Å². The summed E-state index contributed by atoms with van der Waals surface area (Å²) in [5.74, 6) is 0.278. The number of hydrogen-bond donors (Lipinski definition) is 1. The average molecular weight is 308 g/mol. The van der Waals surface area contributed by atoms with Crippen molar-refractivity contribution in [1.82, 2.24) is 5.32 Å². The van der Waals surface area contributed by atoms with Crippen molar-refractivity contribution in [2.45, 2.75) is 17.9 Å². The summed E-state index contributed by atoms with van der Waals surface area (Å²) in [5.41, 5.74) is 0. The number of benzene rings is 1. The van der Waals surface area contributed by atoms with E-state index in [1.807, 2.05) is 0 Å². The lowest BCUT2D eigenvalue weighted by Gasteiger charge is -2.14. The van der Waals surface area contributed by atoms with Crippen molar-refractivity contribution in [3.05, 3.63) is 28.2 Å². The van der Waals surface area contributed by atoms with Gasteiger partial charge >= 0.3 is 5.97 Å². The second kappa shape index (κ2) is 7.89. The molecule has 1 N–H and O–H groups in total. The molecule has 0 heterocycles. The fourth-order valence-corrected chi connectivity index (χ4v) is 2.86. The number of carbonyl (C=O) groups excluding carboxylic acids is 1. The first-order chi connectivity index (χ1) is 8.58. The van der Waals surface area contributed by atoms with Gasteiger partial charge in [0.25, 0.3) is 0 Å². The molecule has 0 spiro atoms. The Morgan fingerprint density at radius 2 is 2.22 bits per heavy atom. The summed E-state index contributed by atoms with van der Waals surface area (Å²) in [4.78, 5) is 12.4. The Hall–Kier alpha value is -0.420. The van der Waals surface area contributed by atoms with Gasteiger partial charge in [-0.3, -0.25) is 4.79 Å². The largest absolute Gasteiger partial charge is 0.465 e. The highest BCUT2D eigenvalue weighted by atomic mass is 35.5. The highest BCUT2D eigenvalue weighted by Gasteiger charge is 2.18. The van der Waals surface area contributed by atoms with Crippen LogP contribution in [0.15, 0.2) is 23.1 Å². The van der Waals surface area contributed by atoms with Crippen LogP contribution in [0.25, 0.3) is 0 Å². The fraction of sp³-hybridized carbons (Fsp3) is 0.417. The second-order valence-electron chi connectivity index (χ2n) is 3.48. The number of likely N-dealkylation sites (N-methyl/N-ethyl adjacent to an activating group) is 1. The molecule has 6 heteroatoms. The predicted octanol–water partition coefficient (Wildman–Crippen LogP) is 3.24. The maximum atomic E-state index is 11.6. The minimum atomic E-state index is -0.356. The van der Waals surface area contributed by atoms with Crippen molar-refractivity contribution in [2.24, 2.45) is 0 Å². The van der Waals surface area contributed by atoms with Crippen LogP contribution in [-0.4, -0.2) is 31.4 Å². The van der Waals surface area contributed by atoms with E-state index in [0.717, 1.165) is 4.90 Å². The molecule has 0 bridgehead atoms. The topological polar surface area (TPSA) is 38.3 Å². The maximum absolute atomic E-state index is 11.6. The molecular weight excluding hydrogens is 293 g/mol. The van der Waals surface area contributed by atoms with Crippen LogP contribution in [0.3, 0.4) is 0 Å². The molecule has 1 aromatic rings. The molecular formula is C12H15Cl2NO2S. The van der Waals surface area contributed by atoms with E-state index in [1.165, 1.54) is 11.8 Å². The van der Waals surface area contributed by atoms with Crippen LogP contribution in [-0.2, 0) is 9.53 Å². The van der Waals surface area contributed by atoms with E-state index in [-0.39, 0.29) is 12.0 Å². The third-order valence-electron chi connectivity index (χ3n) is 2.22. The lowest BCUT2D eigenvalue weighted by atomic mass is 10.3. The molecule has 0 aromatic heterocycles. The van der Waals surface area contributed by atoms with E-state index in [9.17, 15) is 4.79 Å². The summed E-state index contributed by atoms with van der Waals surface area (Å²) in [6, 6.07) is 4.90. The highest BCUT2D eigenvalue weighted by molar-refractivity contribution is 7.99. The first-order valence-corrected chi connectivity index (χ1v) is 7.24. The van der Waals surface area contributed by atoms with Gasteiger partial charge in [-0.2, -0.15) is 0 Å². The molecule has 0 saturated heterocycles. The number of halogens is 2. The van der Waals surface area contributed by atoms with Crippen LogP contribution in [0.4, 0.5) is 0 Å². The molecule has 0 aliphatic carbocycles. The second-order valence-corrected chi connectivity index (χ2v) is 5.38. The van der Waals surface area contributed by atoms with Crippen LogP contribution in [0.1, 0.15) is 6.92 Å². The van der Waals surface area contributed by atoms with Crippen LogP contribution < -0.4 is 5.32 Å². The van der Waals surface area contributed by atoms with Crippen molar-refractivity contribution >= 4 is 40.9 Å². The zero-order valence-electron chi connectivity index (χ0n) is 10.2. The van der Waals surface area contributed by atoms with Gasteiger partial charge < -0.3 is 10.1 Å². The fourth-order valence-electron chi connectivity index (χ4n) is 1.27. The molecule has 0 saturated carbocycles. The van der Waals surface area contributed by atoms with E-state index >= 15 is 0 Å². The molecule has 0 amide bonds.